The minimum absolute atomic E-state index is 0.194. The van der Waals surface area contributed by atoms with Crippen molar-refractivity contribution in [2.24, 2.45) is 0 Å². The molecule has 2 rings (SSSR count). The monoisotopic (exact) mass is 327 g/mol. The molecule has 2 N–H and O–H groups in total. The van der Waals surface area contributed by atoms with Gasteiger partial charge in [0.25, 0.3) is 5.91 Å². The summed E-state index contributed by atoms with van der Waals surface area (Å²) in [5.74, 6) is 0.420. The molecule has 1 aromatic carbocycles. The van der Waals surface area contributed by atoms with E-state index in [0.717, 1.165) is 25.1 Å². The molecule has 1 amide bonds. The lowest BCUT2D eigenvalue weighted by atomic mass is 10.1. The van der Waals surface area contributed by atoms with Crippen LogP contribution in [0.1, 0.15) is 29.4 Å². The molecular weight excluding hydrogens is 302 g/mol. The van der Waals surface area contributed by atoms with Crippen molar-refractivity contribution in [2.75, 3.05) is 32.5 Å². The Kier molecular flexibility index (Phi) is 6.69. The van der Waals surface area contributed by atoms with Crippen molar-refractivity contribution in [3.05, 3.63) is 47.9 Å². The number of anilines is 2. The second kappa shape index (κ2) is 8.98. The van der Waals surface area contributed by atoms with Crippen molar-refractivity contribution in [2.45, 2.75) is 19.8 Å². The fourth-order valence-electron chi connectivity index (χ4n) is 2.17. The molecule has 1 heterocycles. The van der Waals surface area contributed by atoms with E-state index in [1.54, 1.807) is 6.20 Å². The largest absolute Gasteiger partial charge is 0.351 e. The fraction of sp³-hybridized carbons (Fsp3) is 0.389. The Hall–Kier alpha value is -2.47. The van der Waals surface area contributed by atoms with Crippen LogP contribution in [0, 0.1) is 0 Å². The van der Waals surface area contributed by atoms with Gasteiger partial charge in [-0.2, -0.15) is 0 Å². The molecule has 0 fully saturated rings. The van der Waals surface area contributed by atoms with Crippen molar-refractivity contribution in [3.63, 3.8) is 0 Å². The highest BCUT2D eigenvalue weighted by atomic mass is 16.1. The normalized spacial score (nSPS) is 10.7. The van der Waals surface area contributed by atoms with Crippen LogP contribution in [0.5, 0.6) is 0 Å². The molecule has 24 heavy (non-hydrogen) atoms. The SMILES string of the molecule is CCc1ccc(Nc2cnc(C(=O)NCCCN(C)C)cn2)cc1. The van der Waals surface area contributed by atoms with E-state index < -0.39 is 0 Å². The fourth-order valence-corrected chi connectivity index (χ4v) is 2.17. The predicted octanol–water partition coefficient (Wildman–Crippen LogP) is 2.46. The molecule has 2 aromatic rings. The molecule has 0 radical (unpaired) electrons. The second-order valence-electron chi connectivity index (χ2n) is 5.88. The summed E-state index contributed by atoms with van der Waals surface area (Å²) in [6, 6.07) is 8.16. The van der Waals surface area contributed by atoms with E-state index in [4.69, 9.17) is 0 Å². The van der Waals surface area contributed by atoms with Crippen LogP contribution in [-0.4, -0.2) is 48.0 Å². The van der Waals surface area contributed by atoms with Gasteiger partial charge in [0.1, 0.15) is 11.5 Å². The number of nitrogens with zero attached hydrogens (tertiary/aromatic N) is 3. The van der Waals surface area contributed by atoms with Gasteiger partial charge in [-0.05, 0) is 51.2 Å². The zero-order valence-corrected chi connectivity index (χ0v) is 14.5. The van der Waals surface area contributed by atoms with Gasteiger partial charge in [-0.15, -0.1) is 0 Å². The standard InChI is InChI=1S/C18H25N5O/c1-4-14-6-8-15(9-7-14)22-17-13-20-16(12-21-17)18(24)19-10-5-11-23(2)3/h6-9,12-13H,4-5,10-11H2,1-3H3,(H,19,24)(H,21,22). The first kappa shape index (κ1) is 17.9. The third-order valence-electron chi connectivity index (χ3n) is 3.59. The van der Waals surface area contributed by atoms with Gasteiger partial charge in [0, 0.05) is 12.2 Å². The van der Waals surface area contributed by atoms with Gasteiger partial charge in [-0.3, -0.25) is 4.79 Å². The second-order valence-corrected chi connectivity index (χ2v) is 5.88. The Labute approximate surface area is 143 Å². The van der Waals surface area contributed by atoms with E-state index in [2.05, 4.69) is 44.6 Å². The Morgan fingerprint density at radius 3 is 2.46 bits per heavy atom. The van der Waals surface area contributed by atoms with E-state index in [0.29, 0.717) is 18.1 Å². The van der Waals surface area contributed by atoms with E-state index >= 15 is 0 Å². The molecule has 0 bridgehead atoms. The van der Waals surface area contributed by atoms with Crippen LogP contribution >= 0.6 is 0 Å². The van der Waals surface area contributed by atoms with E-state index in [-0.39, 0.29) is 5.91 Å². The molecular formula is C18H25N5O. The molecule has 128 valence electrons. The van der Waals surface area contributed by atoms with Crippen molar-refractivity contribution < 1.29 is 4.79 Å². The molecule has 0 aliphatic rings. The quantitative estimate of drug-likeness (QED) is 0.729. The number of carbonyl (C=O) groups is 1. The molecule has 1 aromatic heterocycles. The average Bonchev–Trinajstić information content (AvgIpc) is 2.59. The smallest absolute Gasteiger partial charge is 0.271 e. The summed E-state index contributed by atoms with van der Waals surface area (Å²) in [5, 5.41) is 6.02. The molecule has 0 saturated heterocycles. The molecule has 0 aliphatic carbocycles. The number of aromatic nitrogens is 2. The van der Waals surface area contributed by atoms with E-state index in [9.17, 15) is 4.79 Å². The minimum atomic E-state index is -0.194. The van der Waals surface area contributed by atoms with Gasteiger partial charge in [0.15, 0.2) is 0 Å². The van der Waals surface area contributed by atoms with Gasteiger partial charge in [0.05, 0.1) is 12.4 Å². The lowest BCUT2D eigenvalue weighted by Crippen LogP contribution is -2.27. The van der Waals surface area contributed by atoms with E-state index in [1.807, 2.05) is 26.2 Å². The van der Waals surface area contributed by atoms with Crippen molar-refractivity contribution in [1.29, 1.82) is 0 Å². The zero-order chi connectivity index (χ0) is 17.4. The van der Waals surface area contributed by atoms with Crippen LogP contribution in [-0.2, 0) is 6.42 Å². The van der Waals surface area contributed by atoms with E-state index in [1.165, 1.54) is 11.8 Å². The average molecular weight is 327 g/mol. The summed E-state index contributed by atoms with van der Waals surface area (Å²) in [6.45, 7) is 3.69. The Balaban J connectivity index is 1.86. The number of aryl methyl sites for hydroxylation is 1. The van der Waals surface area contributed by atoms with Gasteiger partial charge >= 0.3 is 0 Å². The Morgan fingerprint density at radius 1 is 1.12 bits per heavy atom. The zero-order valence-electron chi connectivity index (χ0n) is 14.5. The third-order valence-corrected chi connectivity index (χ3v) is 3.59. The maximum Gasteiger partial charge on any atom is 0.271 e. The van der Waals surface area contributed by atoms with Crippen molar-refractivity contribution in [3.8, 4) is 0 Å². The number of hydrogen-bond acceptors (Lipinski definition) is 5. The number of nitrogens with one attached hydrogen (secondary N) is 2. The first-order valence-corrected chi connectivity index (χ1v) is 8.19. The van der Waals surface area contributed by atoms with Crippen molar-refractivity contribution in [1.82, 2.24) is 20.2 Å². The van der Waals surface area contributed by atoms with Gasteiger partial charge in [-0.25, -0.2) is 9.97 Å². The summed E-state index contributed by atoms with van der Waals surface area (Å²) in [7, 11) is 4.02. The molecule has 0 spiro atoms. The van der Waals surface area contributed by atoms with Crippen LogP contribution in [0.15, 0.2) is 36.7 Å². The summed E-state index contributed by atoms with van der Waals surface area (Å²) in [5.41, 5.74) is 2.56. The maximum absolute atomic E-state index is 12.0. The van der Waals surface area contributed by atoms with Gasteiger partial charge in [0.2, 0.25) is 0 Å². The lowest BCUT2D eigenvalue weighted by molar-refractivity contribution is 0.0947. The molecule has 0 saturated carbocycles. The summed E-state index contributed by atoms with van der Waals surface area (Å²) >= 11 is 0. The number of amides is 1. The molecule has 6 heteroatoms. The Morgan fingerprint density at radius 2 is 1.88 bits per heavy atom. The number of rotatable bonds is 8. The third kappa shape index (κ3) is 5.62. The Bertz CT molecular complexity index is 637. The lowest BCUT2D eigenvalue weighted by Gasteiger charge is -2.10. The predicted molar refractivity (Wildman–Crippen MR) is 96.6 cm³/mol. The van der Waals surface area contributed by atoms with Crippen LogP contribution < -0.4 is 10.6 Å². The number of hydrogen-bond donors (Lipinski definition) is 2. The van der Waals surface area contributed by atoms with Crippen LogP contribution in [0.4, 0.5) is 11.5 Å². The van der Waals surface area contributed by atoms with Crippen LogP contribution in [0.2, 0.25) is 0 Å². The first-order chi connectivity index (χ1) is 11.6. The molecule has 0 aliphatic heterocycles. The molecule has 6 nitrogen and oxygen atoms in total. The minimum Gasteiger partial charge on any atom is -0.351 e. The van der Waals surface area contributed by atoms with Crippen LogP contribution in [0.3, 0.4) is 0 Å². The van der Waals surface area contributed by atoms with Crippen molar-refractivity contribution >= 4 is 17.4 Å². The summed E-state index contributed by atoms with van der Waals surface area (Å²) in [4.78, 5) is 22.5. The van der Waals surface area contributed by atoms with Gasteiger partial charge < -0.3 is 15.5 Å². The maximum atomic E-state index is 12.0. The highest BCUT2D eigenvalue weighted by molar-refractivity contribution is 5.92. The highest BCUT2D eigenvalue weighted by Gasteiger charge is 2.07. The van der Waals surface area contributed by atoms with Crippen LogP contribution in [0.25, 0.3) is 0 Å². The van der Waals surface area contributed by atoms with Gasteiger partial charge in [-0.1, -0.05) is 19.1 Å². The highest BCUT2D eigenvalue weighted by Crippen LogP contribution is 2.14. The number of benzene rings is 1. The molecule has 0 unspecified atom stereocenters. The first-order valence-electron chi connectivity index (χ1n) is 8.19. The summed E-state index contributed by atoms with van der Waals surface area (Å²) < 4.78 is 0. The topological polar surface area (TPSA) is 70.2 Å². The molecule has 0 atom stereocenters. The number of carbonyl (C=O) groups excluding carboxylic acids is 1. The summed E-state index contributed by atoms with van der Waals surface area (Å²) in [6.07, 6.45) is 4.98.